The first-order chi connectivity index (χ1) is 23.9. The van der Waals surface area contributed by atoms with E-state index in [0.29, 0.717) is 48.4 Å². The van der Waals surface area contributed by atoms with Crippen molar-refractivity contribution in [3.05, 3.63) is 93.9 Å². The van der Waals surface area contributed by atoms with Crippen molar-refractivity contribution >= 4 is 55.2 Å². The maximum atomic E-state index is 13.5. The van der Waals surface area contributed by atoms with Gasteiger partial charge in [-0.1, -0.05) is 59.1 Å². The summed E-state index contributed by atoms with van der Waals surface area (Å²) >= 11 is 2.86. The summed E-state index contributed by atoms with van der Waals surface area (Å²) in [6, 6.07) is 21.8. The van der Waals surface area contributed by atoms with Crippen molar-refractivity contribution in [2.75, 3.05) is 56.6 Å². The molecule has 49 heavy (non-hydrogen) atoms. The van der Waals surface area contributed by atoms with Gasteiger partial charge >= 0.3 is 6.16 Å². The Hall–Kier alpha value is -4.56. The number of rotatable bonds is 11. The summed E-state index contributed by atoms with van der Waals surface area (Å²) in [5.41, 5.74) is 4.74. The summed E-state index contributed by atoms with van der Waals surface area (Å²) in [6.07, 6.45) is 0.550. The van der Waals surface area contributed by atoms with E-state index in [9.17, 15) is 14.7 Å². The number of ether oxygens (including phenoxy) is 2. The molecule has 13 heteroatoms. The van der Waals surface area contributed by atoms with Gasteiger partial charge in [0.2, 0.25) is 5.88 Å². The Kier molecular flexibility index (Phi) is 10.0. The number of carbonyl (C=O) groups excluding carboxylic acids is 1. The number of likely N-dealkylation sites (N-methyl/N-ethyl adjacent to an activating group) is 1. The largest absolute Gasteiger partial charge is 0.512 e. The second-order valence-electron chi connectivity index (χ2n) is 12.3. The van der Waals surface area contributed by atoms with Crippen LogP contribution in [0, 0.1) is 0 Å². The third-order valence-electron chi connectivity index (χ3n) is 8.88. The van der Waals surface area contributed by atoms with Crippen molar-refractivity contribution in [2.24, 2.45) is 0 Å². The van der Waals surface area contributed by atoms with Crippen LogP contribution >= 0.6 is 22.7 Å². The van der Waals surface area contributed by atoms with E-state index in [1.807, 2.05) is 48.5 Å². The minimum Gasteiger partial charge on any atom is -0.494 e. The number of hydrogen-bond donors (Lipinski definition) is 2. The fraction of sp³-hybridized carbons (Fsp3) is 0.333. The summed E-state index contributed by atoms with van der Waals surface area (Å²) in [4.78, 5) is 41.8. The molecule has 0 unspecified atom stereocenters. The average Bonchev–Trinajstić information content (AvgIpc) is 3.70. The van der Waals surface area contributed by atoms with E-state index in [1.54, 1.807) is 0 Å². The highest BCUT2D eigenvalue weighted by molar-refractivity contribution is 7.22. The Morgan fingerprint density at radius 1 is 0.939 bits per heavy atom. The van der Waals surface area contributed by atoms with Gasteiger partial charge in [0.15, 0.2) is 10.3 Å². The molecule has 0 aliphatic carbocycles. The number of carbonyl (C=O) groups is 2. The van der Waals surface area contributed by atoms with E-state index in [0.717, 1.165) is 71.1 Å². The van der Waals surface area contributed by atoms with Gasteiger partial charge in [0.1, 0.15) is 5.75 Å². The van der Waals surface area contributed by atoms with E-state index in [4.69, 9.17) is 9.47 Å². The van der Waals surface area contributed by atoms with Gasteiger partial charge < -0.3 is 24.4 Å². The lowest BCUT2D eigenvalue weighted by Gasteiger charge is -2.32. The van der Waals surface area contributed by atoms with Crippen molar-refractivity contribution < 1.29 is 24.2 Å². The molecular weight excluding hydrogens is 661 g/mol. The van der Waals surface area contributed by atoms with Crippen LogP contribution in [0.2, 0.25) is 0 Å². The molecule has 2 aliphatic rings. The molecule has 3 aromatic carbocycles. The van der Waals surface area contributed by atoms with Gasteiger partial charge in [0, 0.05) is 51.4 Å². The van der Waals surface area contributed by atoms with Crippen LogP contribution in [0.15, 0.2) is 66.7 Å². The van der Waals surface area contributed by atoms with Gasteiger partial charge in [0.25, 0.3) is 5.91 Å². The van der Waals surface area contributed by atoms with Crippen molar-refractivity contribution in [3.8, 4) is 11.6 Å². The van der Waals surface area contributed by atoms with Crippen LogP contribution in [-0.4, -0.2) is 83.3 Å². The third kappa shape index (κ3) is 8.02. The number of para-hydroxylation sites is 1. The zero-order valence-corrected chi connectivity index (χ0v) is 28.9. The number of carboxylic acid groups (broad SMARTS) is 1. The molecule has 1 fully saturated rings. The highest BCUT2D eigenvalue weighted by atomic mass is 32.1. The molecule has 4 heterocycles. The number of hydrogen-bond acceptors (Lipinski definition) is 11. The highest BCUT2D eigenvalue weighted by Crippen LogP contribution is 2.36. The van der Waals surface area contributed by atoms with E-state index in [-0.39, 0.29) is 11.8 Å². The van der Waals surface area contributed by atoms with Crippen LogP contribution < -0.4 is 19.7 Å². The van der Waals surface area contributed by atoms with Crippen LogP contribution in [0.25, 0.3) is 10.2 Å². The van der Waals surface area contributed by atoms with Crippen molar-refractivity contribution in [3.63, 3.8) is 0 Å². The summed E-state index contributed by atoms with van der Waals surface area (Å²) in [7, 11) is 2.16. The Labute approximate surface area is 292 Å². The van der Waals surface area contributed by atoms with E-state index < -0.39 is 6.16 Å². The number of nitrogens with one attached hydrogen (secondary N) is 1. The Bertz CT molecular complexity index is 1900. The number of aromatic nitrogens is 2. The number of thiazole rings is 2. The fourth-order valence-electron chi connectivity index (χ4n) is 6.21. The number of amides is 1. The summed E-state index contributed by atoms with van der Waals surface area (Å²) in [5.74, 6) is 0.703. The molecule has 0 spiro atoms. The molecule has 1 amide bonds. The molecular formula is C36H38N6O5S2. The van der Waals surface area contributed by atoms with Crippen molar-refractivity contribution in [2.45, 2.75) is 32.4 Å². The van der Waals surface area contributed by atoms with Gasteiger partial charge in [-0.15, -0.1) is 0 Å². The molecule has 254 valence electrons. The number of benzene rings is 3. The molecule has 2 aromatic heterocycles. The van der Waals surface area contributed by atoms with Crippen molar-refractivity contribution in [1.82, 2.24) is 19.8 Å². The van der Waals surface area contributed by atoms with Crippen LogP contribution in [0.5, 0.6) is 11.6 Å². The monoisotopic (exact) mass is 698 g/mol. The molecule has 2 aliphatic heterocycles. The van der Waals surface area contributed by atoms with E-state index in [2.05, 4.69) is 55.2 Å². The van der Waals surface area contributed by atoms with Gasteiger partial charge in [-0.2, -0.15) is 4.98 Å². The minimum atomic E-state index is -1.40. The number of aryl methyl sites for hydroxylation is 1. The first-order valence-electron chi connectivity index (χ1n) is 16.4. The quantitative estimate of drug-likeness (QED) is 0.119. The standard InChI is InChI=1S/C36H38N6O5S2/c1-40-17-19-41(20-18-40)22-24-11-13-26(14-12-24)46-21-5-10-31-33(47-36(44)45)39-35(49-31)42-16-15-25-6-4-7-27(28(25)23-42)32(43)38-34-37-29-8-2-3-9-30(29)48-34/h2-4,6-9,11-14H,5,10,15-23H2,1H3,(H,44,45)(H,37,38,43). The molecule has 7 rings (SSSR count). The van der Waals surface area contributed by atoms with Crippen LogP contribution in [0.4, 0.5) is 15.1 Å². The number of anilines is 2. The smallest absolute Gasteiger partial charge is 0.494 e. The van der Waals surface area contributed by atoms with E-state index >= 15 is 0 Å². The SMILES string of the molecule is CN1CCN(Cc2ccc(OCCCc3sc(N4CCc5cccc(C(=O)Nc6nc7ccccc7s6)c5C4)nc3OC(=O)O)cc2)CC1. The molecule has 0 radical (unpaired) electrons. The second-order valence-corrected chi connectivity index (χ2v) is 14.4. The average molecular weight is 699 g/mol. The Balaban J connectivity index is 0.975. The first kappa shape index (κ1) is 33.0. The molecule has 5 aromatic rings. The maximum absolute atomic E-state index is 13.5. The number of nitrogens with zero attached hydrogens (tertiary/aromatic N) is 5. The summed E-state index contributed by atoms with van der Waals surface area (Å²) < 4.78 is 12.1. The van der Waals surface area contributed by atoms with Gasteiger partial charge in [-0.25, -0.2) is 9.78 Å². The molecule has 0 bridgehead atoms. The number of fused-ring (bicyclic) bond motifs is 2. The van der Waals surface area contributed by atoms with Crippen molar-refractivity contribution in [1.29, 1.82) is 0 Å². The topological polar surface area (TPSA) is 120 Å². The predicted molar refractivity (Wildman–Crippen MR) is 193 cm³/mol. The fourth-order valence-corrected chi connectivity index (χ4v) is 8.12. The molecule has 0 saturated carbocycles. The lowest BCUT2D eigenvalue weighted by molar-refractivity contribution is 0.102. The summed E-state index contributed by atoms with van der Waals surface area (Å²) in [5, 5.41) is 13.6. The normalized spacial score (nSPS) is 15.2. The molecule has 2 N–H and O–H groups in total. The zero-order chi connectivity index (χ0) is 33.7. The minimum absolute atomic E-state index is 0.105. The highest BCUT2D eigenvalue weighted by Gasteiger charge is 2.26. The predicted octanol–water partition coefficient (Wildman–Crippen LogP) is 6.38. The summed E-state index contributed by atoms with van der Waals surface area (Å²) in [6.45, 7) is 6.92. The van der Waals surface area contributed by atoms with Crippen LogP contribution in [0.1, 0.15) is 38.3 Å². The molecule has 1 saturated heterocycles. The number of piperazine rings is 1. The third-order valence-corrected chi connectivity index (χ3v) is 11.0. The zero-order valence-electron chi connectivity index (χ0n) is 27.3. The van der Waals surface area contributed by atoms with E-state index in [1.165, 1.54) is 28.2 Å². The Morgan fingerprint density at radius 3 is 2.55 bits per heavy atom. The molecule has 0 atom stereocenters. The maximum Gasteiger partial charge on any atom is 0.512 e. The van der Waals surface area contributed by atoms with Gasteiger partial charge in [0.05, 0.1) is 21.7 Å². The van der Waals surface area contributed by atoms with Gasteiger partial charge in [-0.05, 0) is 73.3 Å². The van der Waals surface area contributed by atoms with Gasteiger partial charge in [-0.3, -0.25) is 15.0 Å². The second kappa shape index (κ2) is 14.9. The van der Waals surface area contributed by atoms with Crippen LogP contribution in [-0.2, 0) is 25.9 Å². The van der Waals surface area contributed by atoms with Crippen LogP contribution in [0.3, 0.4) is 0 Å². The molecule has 11 nitrogen and oxygen atoms in total. The lowest BCUT2D eigenvalue weighted by Crippen LogP contribution is -2.43. The Morgan fingerprint density at radius 2 is 1.76 bits per heavy atom. The first-order valence-corrected chi connectivity index (χ1v) is 18.1. The lowest BCUT2D eigenvalue weighted by atomic mass is 9.94.